The molecule has 0 aliphatic rings. The van der Waals surface area contributed by atoms with Gasteiger partial charge >= 0.3 is 0 Å². The minimum atomic E-state index is -3.50. The van der Waals surface area contributed by atoms with Crippen LogP contribution in [0, 0.1) is 0 Å². The van der Waals surface area contributed by atoms with Crippen LogP contribution in [0.15, 0.2) is 72.8 Å². The van der Waals surface area contributed by atoms with Crippen LogP contribution in [0.4, 0.5) is 0 Å². The zero-order valence-electron chi connectivity index (χ0n) is 10.2. The summed E-state index contributed by atoms with van der Waals surface area (Å²) in [4.78, 5) is 10.4. The molecule has 3 aromatic rings. The molecule has 3 aromatic carbocycles. The highest BCUT2D eigenvalue weighted by atomic mass is 31.2. The maximum atomic E-state index is 12.6. The van der Waals surface area contributed by atoms with E-state index in [2.05, 4.69) is 0 Å². The van der Waals surface area contributed by atoms with Gasteiger partial charge in [-0.2, -0.15) is 0 Å². The summed E-state index contributed by atoms with van der Waals surface area (Å²) in [5, 5.41) is 2.98. The third-order valence-corrected chi connectivity index (χ3v) is 5.17. The van der Waals surface area contributed by atoms with Gasteiger partial charge < -0.3 is 4.89 Å². The lowest BCUT2D eigenvalue weighted by Gasteiger charge is -2.12. The molecule has 0 saturated heterocycles. The molecule has 1 atom stereocenters. The lowest BCUT2D eigenvalue weighted by molar-refractivity contribution is 0.501. The van der Waals surface area contributed by atoms with Crippen molar-refractivity contribution in [1.82, 2.24) is 0 Å². The van der Waals surface area contributed by atoms with Gasteiger partial charge in [-0.25, -0.2) is 0 Å². The van der Waals surface area contributed by atoms with E-state index in [4.69, 9.17) is 0 Å². The van der Waals surface area contributed by atoms with E-state index in [1.165, 1.54) is 0 Å². The molecule has 3 heteroatoms. The van der Waals surface area contributed by atoms with Crippen molar-refractivity contribution in [2.45, 2.75) is 0 Å². The molecule has 3 rings (SSSR count). The Bertz CT molecular complexity index is 766. The second-order valence-electron chi connectivity index (χ2n) is 4.44. The van der Waals surface area contributed by atoms with E-state index in [0.717, 1.165) is 10.8 Å². The topological polar surface area (TPSA) is 37.3 Å². The van der Waals surface area contributed by atoms with Gasteiger partial charge in [-0.15, -0.1) is 0 Å². The second-order valence-corrected chi connectivity index (χ2v) is 6.63. The van der Waals surface area contributed by atoms with Gasteiger partial charge in [-0.1, -0.05) is 48.5 Å². The summed E-state index contributed by atoms with van der Waals surface area (Å²) in [6.45, 7) is 0. The van der Waals surface area contributed by atoms with Crippen LogP contribution in [-0.4, -0.2) is 4.89 Å². The van der Waals surface area contributed by atoms with Gasteiger partial charge in [0.05, 0.1) is 0 Å². The van der Waals surface area contributed by atoms with Crippen LogP contribution in [-0.2, 0) is 4.57 Å². The molecule has 0 heterocycles. The van der Waals surface area contributed by atoms with Crippen molar-refractivity contribution in [2.75, 3.05) is 0 Å². The van der Waals surface area contributed by atoms with Crippen LogP contribution in [0.25, 0.3) is 10.8 Å². The highest BCUT2D eigenvalue weighted by Crippen LogP contribution is 2.38. The zero-order valence-corrected chi connectivity index (χ0v) is 11.1. The monoisotopic (exact) mass is 268 g/mol. The predicted molar refractivity (Wildman–Crippen MR) is 79.5 cm³/mol. The number of hydrogen-bond acceptors (Lipinski definition) is 1. The van der Waals surface area contributed by atoms with E-state index in [-0.39, 0.29) is 0 Å². The van der Waals surface area contributed by atoms with Crippen LogP contribution in [0.1, 0.15) is 0 Å². The molecule has 0 amide bonds. The molecule has 1 N–H and O–H groups in total. The predicted octanol–water partition coefficient (Wildman–Crippen LogP) is 3.06. The fraction of sp³-hybridized carbons (Fsp3) is 0. The Morgan fingerprint density at radius 1 is 0.684 bits per heavy atom. The number of fused-ring (bicyclic) bond motifs is 1. The van der Waals surface area contributed by atoms with Crippen molar-refractivity contribution >= 4 is 28.8 Å². The molecule has 0 aliphatic heterocycles. The smallest absolute Gasteiger partial charge is 0.258 e. The van der Waals surface area contributed by atoms with Gasteiger partial charge in [-0.05, 0) is 35.0 Å². The molecule has 0 radical (unpaired) electrons. The number of rotatable bonds is 2. The minimum absolute atomic E-state index is 0.463. The molecule has 0 aliphatic carbocycles. The van der Waals surface area contributed by atoms with E-state index in [1.807, 2.05) is 36.4 Å². The van der Waals surface area contributed by atoms with Crippen LogP contribution >= 0.6 is 7.37 Å². The average Bonchev–Trinajstić information content (AvgIpc) is 2.47. The summed E-state index contributed by atoms with van der Waals surface area (Å²) >= 11 is 0. The first-order chi connectivity index (χ1) is 9.18. The van der Waals surface area contributed by atoms with Gasteiger partial charge in [0.2, 0.25) is 0 Å². The first-order valence-electron chi connectivity index (χ1n) is 6.06. The van der Waals surface area contributed by atoms with Gasteiger partial charge in [0.25, 0.3) is 7.37 Å². The zero-order chi connectivity index (χ0) is 13.3. The lowest BCUT2D eigenvalue weighted by atomic mass is 10.1. The highest BCUT2D eigenvalue weighted by Gasteiger charge is 2.23. The molecule has 0 fully saturated rings. The Hall–Kier alpha value is -1.89. The van der Waals surface area contributed by atoms with Crippen molar-refractivity contribution in [2.24, 2.45) is 0 Å². The van der Waals surface area contributed by atoms with E-state index in [0.29, 0.717) is 10.6 Å². The fourth-order valence-corrected chi connectivity index (χ4v) is 3.61. The second kappa shape index (κ2) is 4.65. The quantitative estimate of drug-likeness (QED) is 0.725. The summed E-state index contributed by atoms with van der Waals surface area (Å²) in [6, 6.07) is 22.0. The third-order valence-electron chi connectivity index (χ3n) is 3.19. The Morgan fingerprint density at radius 3 is 2.05 bits per heavy atom. The SMILES string of the molecule is O=P(O)(c1ccccc1)c1ccc2ccccc2c1. The number of benzene rings is 3. The first-order valence-corrected chi connectivity index (χ1v) is 7.72. The standard InChI is InChI=1S/C16H13O2P/c17-19(18,15-8-2-1-3-9-15)16-11-10-13-6-4-5-7-14(13)12-16/h1-12H,(H,17,18). The fourth-order valence-electron chi connectivity index (χ4n) is 2.14. The van der Waals surface area contributed by atoms with Crippen LogP contribution in [0.5, 0.6) is 0 Å². The summed E-state index contributed by atoms with van der Waals surface area (Å²) in [7, 11) is -3.50. The Labute approximate surface area is 111 Å². The van der Waals surface area contributed by atoms with E-state index in [9.17, 15) is 9.46 Å². The van der Waals surface area contributed by atoms with Gasteiger partial charge in [-0.3, -0.25) is 4.57 Å². The van der Waals surface area contributed by atoms with Crippen molar-refractivity contribution in [1.29, 1.82) is 0 Å². The molecule has 0 bridgehead atoms. The Balaban J connectivity index is 2.16. The minimum Gasteiger partial charge on any atom is -0.338 e. The molecular formula is C16H13O2P. The van der Waals surface area contributed by atoms with Crippen LogP contribution in [0.2, 0.25) is 0 Å². The van der Waals surface area contributed by atoms with E-state index < -0.39 is 7.37 Å². The molecule has 0 saturated carbocycles. The van der Waals surface area contributed by atoms with E-state index in [1.54, 1.807) is 36.4 Å². The Morgan fingerprint density at radius 2 is 1.32 bits per heavy atom. The normalized spacial score (nSPS) is 14.2. The molecule has 94 valence electrons. The van der Waals surface area contributed by atoms with Crippen molar-refractivity contribution in [3.63, 3.8) is 0 Å². The van der Waals surface area contributed by atoms with Gasteiger partial charge in [0, 0.05) is 10.6 Å². The third kappa shape index (κ3) is 2.21. The van der Waals surface area contributed by atoms with Crippen molar-refractivity contribution in [3.05, 3.63) is 72.8 Å². The molecule has 1 unspecified atom stereocenters. The van der Waals surface area contributed by atoms with E-state index >= 15 is 0 Å². The average molecular weight is 268 g/mol. The summed E-state index contributed by atoms with van der Waals surface area (Å²) < 4.78 is 12.6. The molecule has 2 nitrogen and oxygen atoms in total. The highest BCUT2D eigenvalue weighted by molar-refractivity contribution is 7.73. The molecule has 0 aromatic heterocycles. The van der Waals surface area contributed by atoms with Crippen molar-refractivity contribution in [3.8, 4) is 0 Å². The first kappa shape index (κ1) is 12.2. The van der Waals surface area contributed by atoms with Crippen LogP contribution in [0.3, 0.4) is 0 Å². The maximum Gasteiger partial charge on any atom is 0.258 e. The Kier molecular flexibility index (Phi) is 2.98. The summed E-state index contributed by atoms with van der Waals surface area (Å²) in [6.07, 6.45) is 0. The summed E-state index contributed by atoms with van der Waals surface area (Å²) in [5.41, 5.74) is 0. The van der Waals surface area contributed by atoms with Gasteiger partial charge in [0.1, 0.15) is 0 Å². The van der Waals surface area contributed by atoms with Crippen LogP contribution < -0.4 is 10.6 Å². The molecular weight excluding hydrogens is 255 g/mol. The number of hydrogen-bond donors (Lipinski definition) is 1. The molecule has 0 spiro atoms. The van der Waals surface area contributed by atoms with Gasteiger partial charge in [0.15, 0.2) is 0 Å². The van der Waals surface area contributed by atoms with Crippen molar-refractivity contribution < 1.29 is 9.46 Å². The lowest BCUT2D eigenvalue weighted by Crippen LogP contribution is -2.15. The maximum absolute atomic E-state index is 12.6. The molecule has 19 heavy (non-hydrogen) atoms. The summed E-state index contributed by atoms with van der Waals surface area (Å²) in [5.74, 6) is 0. The largest absolute Gasteiger partial charge is 0.338 e.